The summed E-state index contributed by atoms with van der Waals surface area (Å²) in [6.45, 7) is 5.37. The van der Waals surface area contributed by atoms with Crippen LogP contribution in [0.5, 0.6) is 0 Å². The van der Waals surface area contributed by atoms with E-state index in [4.69, 9.17) is 5.11 Å². The molecule has 1 aromatic rings. The topological polar surface area (TPSA) is 78.4 Å². The van der Waals surface area contributed by atoms with E-state index in [1.54, 1.807) is 0 Å². The molecule has 1 rings (SSSR count). The monoisotopic (exact) mass is 264 g/mol. The molecule has 0 aliphatic heterocycles. The molecule has 2 amide bonds. The first-order valence-electron chi connectivity index (χ1n) is 6.28. The molecule has 0 bridgehead atoms. The molecule has 5 heteroatoms. The van der Waals surface area contributed by atoms with E-state index >= 15 is 0 Å². The van der Waals surface area contributed by atoms with E-state index in [1.807, 2.05) is 39.0 Å². The quantitative estimate of drug-likeness (QED) is 0.713. The normalized spacial score (nSPS) is 11.8. The van der Waals surface area contributed by atoms with Crippen LogP contribution >= 0.6 is 0 Å². The maximum Gasteiger partial charge on any atom is 0.313 e. The van der Waals surface area contributed by atoms with Crippen LogP contribution < -0.4 is 10.6 Å². The number of carbonyl (C=O) groups excluding carboxylic acids is 2. The second kappa shape index (κ2) is 6.89. The Balaban J connectivity index is 2.72. The average Bonchev–Trinajstić information content (AvgIpc) is 2.39. The maximum absolute atomic E-state index is 11.8. The summed E-state index contributed by atoms with van der Waals surface area (Å²) in [5, 5.41) is 14.1. The van der Waals surface area contributed by atoms with Crippen LogP contribution in [0.15, 0.2) is 18.2 Å². The summed E-state index contributed by atoms with van der Waals surface area (Å²) in [5.41, 5.74) is 2.45. The zero-order chi connectivity index (χ0) is 14.4. The first-order valence-corrected chi connectivity index (χ1v) is 6.28. The van der Waals surface area contributed by atoms with Crippen molar-refractivity contribution in [3.8, 4) is 0 Å². The predicted molar refractivity (Wildman–Crippen MR) is 73.9 cm³/mol. The number of carbonyl (C=O) groups is 2. The second-order valence-electron chi connectivity index (χ2n) is 4.48. The van der Waals surface area contributed by atoms with Crippen molar-refractivity contribution in [1.29, 1.82) is 0 Å². The summed E-state index contributed by atoms with van der Waals surface area (Å²) in [7, 11) is 0. The van der Waals surface area contributed by atoms with Crippen LogP contribution in [0, 0.1) is 13.8 Å². The van der Waals surface area contributed by atoms with E-state index in [2.05, 4.69) is 10.6 Å². The van der Waals surface area contributed by atoms with Gasteiger partial charge >= 0.3 is 11.8 Å². The van der Waals surface area contributed by atoms with Crippen LogP contribution in [0.1, 0.15) is 24.5 Å². The fourth-order valence-corrected chi connectivity index (χ4v) is 1.71. The number of nitrogens with one attached hydrogen (secondary N) is 2. The Kier molecular flexibility index (Phi) is 5.51. The maximum atomic E-state index is 11.8. The molecule has 1 atom stereocenters. The van der Waals surface area contributed by atoms with Crippen molar-refractivity contribution < 1.29 is 14.7 Å². The molecular formula is C14H20N2O3. The first-order chi connectivity index (χ1) is 8.99. The van der Waals surface area contributed by atoms with Gasteiger partial charge in [0.25, 0.3) is 0 Å². The predicted octanol–water partition coefficient (Wildman–Crippen LogP) is 1.13. The molecule has 104 valence electrons. The third-order valence-corrected chi connectivity index (χ3v) is 2.97. The van der Waals surface area contributed by atoms with Gasteiger partial charge in [0, 0.05) is 5.69 Å². The van der Waals surface area contributed by atoms with Gasteiger partial charge in [-0.3, -0.25) is 9.59 Å². The number of para-hydroxylation sites is 1. The molecule has 0 spiro atoms. The zero-order valence-electron chi connectivity index (χ0n) is 11.5. The molecule has 5 nitrogen and oxygen atoms in total. The largest absolute Gasteiger partial charge is 0.394 e. The van der Waals surface area contributed by atoms with Crippen molar-refractivity contribution in [2.24, 2.45) is 0 Å². The van der Waals surface area contributed by atoms with Gasteiger partial charge in [-0.1, -0.05) is 25.1 Å². The number of hydrogen-bond acceptors (Lipinski definition) is 3. The van der Waals surface area contributed by atoms with Gasteiger partial charge in [-0.2, -0.15) is 0 Å². The third kappa shape index (κ3) is 4.06. The fourth-order valence-electron chi connectivity index (χ4n) is 1.71. The van der Waals surface area contributed by atoms with E-state index in [0.717, 1.165) is 11.1 Å². The number of rotatable bonds is 4. The molecule has 0 aromatic heterocycles. The highest BCUT2D eigenvalue weighted by atomic mass is 16.3. The Morgan fingerprint density at radius 1 is 1.21 bits per heavy atom. The fraction of sp³-hybridized carbons (Fsp3) is 0.429. The molecule has 0 saturated carbocycles. The highest BCUT2D eigenvalue weighted by molar-refractivity contribution is 6.39. The number of aliphatic hydroxyl groups excluding tert-OH is 1. The smallest absolute Gasteiger partial charge is 0.313 e. The molecule has 1 aromatic carbocycles. The minimum atomic E-state index is -0.733. The van der Waals surface area contributed by atoms with Crippen LogP contribution in [0.2, 0.25) is 0 Å². The number of anilines is 1. The van der Waals surface area contributed by atoms with Gasteiger partial charge in [-0.15, -0.1) is 0 Å². The molecule has 0 radical (unpaired) electrons. The van der Waals surface area contributed by atoms with Crippen molar-refractivity contribution in [3.63, 3.8) is 0 Å². The van der Waals surface area contributed by atoms with Crippen LogP contribution in [-0.2, 0) is 9.59 Å². The Bertz CT molecular complexity index is 448. The van der Waals surface area contributed by atoms with Gasteiger partial charge in [0.05, 0.1) is 12.6 Å². The number of aliphatic hydroxyl groups is 1. The lowest BCUT2D eigenvalue weighted by atomic mass is 10.1. The Morgan fingerprint density at radius 3 is 2.26 bits per heavy atom. The molecule has 0 fully saturated rings. The van der Waals surface area contributed by atoms with Crippen molar-refractivity contribution in [1.82, 2.24) is 5.32 Å². The van der Waals surface area contributed by atoms with Crippen LogP contribution in [0.3, 0.4) is 0 Å². The van der Waals surface area contributed by atoms with E-state index < -0.39 is 17.9 Å². The van der Waals surface area contributed by atoms with E-state index in [0.29, 0.717) is 12.1 Å². The molecule has 0 heterocycles. The number of amides is 2. The summed E-state index contributed by atoms with van der Waals surface area (Å²) in [6, 6.07) is 5.22. The summed E-state index contributed by atoms with van der Waals surface area (Å²) in [5.74, 6) is -1.45. The lowest BCUT2D eigenvalue weighted by Crippen LogP contribution is -2.43. The molecular weight excluding hydrogens is 244 g/mol. The Hall–Kier alpha value is -1.88. The zero-order valence-corrected chi connectivity index (χ0v) is 11.5. The van der Waals surface area contributed by atoms with Gasteiger partial charge in [-0.25, -0.2) is 0 Å². The molecule has 0 aliphatic rings. The highest BCUT2D eigenvalue weighted by Crippen LogP contribution is 2.19. The van der Waals surface area contributed by atoms with Gasteiger partial charge < -0.3 is 15.7 Å². The SMILES string of the molecule is CC[C@H](CO)NC(=O)C(=O)Nc1c(C)cccc1C. The van der Waals surface area contributed by atoms with E-state index in [9.17, 15) is 9.59 Å². The minimum Gasteiger partial charge on any atom is -0.394 e. The first kappa shape index (κ1) is 15.2. The van der Waals surface area contributed by atoms with E-state index in [-0.39, 0.29) is 6.61 Å². The molecule has 19 heavy (non-hydrogen) atoms. The molecule has 0 saturated heterocycles. The lowest BCUT2D eigenvalue weighted by Gasteiger charge is -2.15. The lowest BCUT2D eigenvalue weighted by molar-refractivity contribution is -0.136. The summed E-state index contributed by atoms with van der Waals surface area (Å²) in [6.07, 6.45) is 0.568. The highest BCUT2D eigenvalue weighted by Gasteiger charge is 2.18. The van der Waals surface area contributed by atoms with Crippen LogP contribution in [0.25, 0.3) is 0 Å². The number of hydrogen-bond donors (Lipinski definition) is 3. The van der Waals surface area contributed by atoms with E-state index in [1.165, 1.54) is 0 Å². The second-order valence-corrected chi connectivity index (χ2v) is 4.48. The number of benzene rings is 1. The Labute approximate surface area is 113 Å². The summed E-state index contributed by atoms with van der Waals surface area (Å²) < 4.78 is 0. The number of aryl methyl sites for hydroxylation is 2. The minimum absolute atomic E-state index is 0.182. The van der Waals surface area contributed by atoms with Crippen LogP contribution in [0.4, 0.5) is 5.69 Å². The standard InChI is InChI=1S/C14H20N2O3/c1-4-11(8-17)15-13(18)14(19)16-12-9(2)6-5-7-10(12)3/h5-7,11,17H,4,8H2,1-3H3,(H,15,18)(H,16,19)/t11-/m1/s1. The van der Waals surface area contributed by atoms with Crippen molar-refractivity contribution >= 4 is 17.5 Å². The van der Waals surface area contributed by atoms with Crippen LogP contribution in [-0.4, -0.2) is 29.6 Å². The summed E-state index contributed by atoms with van der Waals surface area (Å²) in [4.78, 5) is 23.4. The van der Waals surface area contributed by atoms with Gasteiger partial charge in [0.1, 0.15) is 0 Å². The molecule has 3 N–H and O–H groups in total. The van der Waals surface area contributed by atoms with Gasteiger partial charge in [-0.05, 0) is 31.4 Å². The van der Waals surface area contributed by atoms with Gasteiger partial charge in [0.2, 0.25) is 0 Å². The van der Waals surface area contributed by atoms with Crippen molar-refractivity contribution in [3.05, 3.63) is 29.3 Å². The average molecular weight is 264 g/mol. The van der Waals surface area contributed by atoms with Gasteiger partial charge in [0.15, 0.2) is 0 Å². The third-order valence-electron chi connectivity index (χ3n) is 2.97. The molecule has 0 aliphatic carbocycles. The Morgan fingerprint density at radius 2 is 1.79 bits per heavy atom. The molecule has 0 unspecified atom stereocenters. The van der Waals surface area contributed by atoms with Crippen molar-refractivity contribution in [2.75, 3.05) is 11.9 Å². The summed E-state index contributed by atoms with van der Waals surface area (Å²) >= 11 is 0. The van der Waals surface area contributed by atoms with Crippen molar-refractivity contribution in [2.45, 2.75) is 33.2 Å².